The van der Waals surface area contributed by atoms with Crippen LogP contribution >= 0.6 is 27.5 Å². The van der Waals surface area contributed by atoms with E-state index in [1.54, 1.807) is 0 Å². The van der Waals surface area contributed by atoms with E-state index < -0.39 is 38.0 Å². The number of phenols is 2. The number of benzene rings is 2. The minimum Gasteiger partial charge on any atom is -0.505 e. The standard InChI is InChI=1S/C14H11BrClNO6S/c1-6-2-8(14(20)21)12(18)10(3-6)17-24(22,23)11-5-7(15)4-9(16)13(11)19/h2-5,17-19H,1H3,(H,20,21). The zero-order chi connectivity index (χ0) is 18.2. The number of anilines is 1. The number of sulfonamides is 1. The lowest BCUT2D eigenvalue weighted by Crippen LogP contribution is -2.14. The van der Waals surface area contributed by atoms with E-state index in [-0.39, 0.29) is 10.7 Å². The fraction of sp³-hybridized carbons (Fsp3) is 0.0714. The second-order valence-electron chi connectivity index (χ2n) is 4.85. The van der Waals surface area contributed by atoms with E-state index in [4.69, 9.17) is 16.7 Å². The number of rotatable bonds is 4. The molecule has 10 heteroatoms. The fourth-order valence-electron chi connectivity index (χ4n) is 1.97. The van der Waals surface area contributed by atoms with Crippen LogP contribution in [0.2, 0.25) is 5.02 Å². The maximum absolute atomic E-state index is 12.5. The van der Waals surface area contributed by atoms with Crippen LogP contribution in [0.3, 0.4) is 0 Å². The molecule has 0 heterocycles. The molecule has 0 amide bonds. The number of aromatic hydroxyl groups is 2. The van der Waals surface area contributed by atoms with E-state index in [9.17, 15) is 23.4 Å². The Morgan fingerprint density at radius 1 is 1.17 bits per heavy atom. The Morgan fingerprint density at radius 3 is 2.38 bits per heavy atom. The maximum atomic E-state index is 12.5. The molecule has 0 aliphatic rings. The highest BCUT2D eigenvalue weighted by Gasteiger charge is 2.24. The van der Waals surface area contributed by atoms with Gasteiger partial charge in [0.05, 0.1) is 10.7 Å². The third kappa shape index (κ3) is 3.58. The van der Waals surface area contributed by atoms with Crippen molar-refractivity contribution in [2.45, 2.75) is 11.8 Å². The molecule has 4 N–H and O–H groups in total. The van der Waals surface area contributed by atoms with Gasteiger partial charge in [-0.25, -0.2) is 13.2 Å². The molecular weight excluding hydrogens is 426 g/mol. The quantitative estimate of drug-likeness (QED) is 0.545. The Balaban J connectivity index is 2.57. The number of hydrogen-bond donors (Lipinski definition) is 4. The SMILES string of the molecule is Cc1cc(NS(=O)(=O)c2cc(Br)cc(Cl)c2O)c(O)c(C(=O)O)c1. The minimum absolute atomic E-state index is 0.190. The second kappa shape index (κ2) is 6.50. The van der Waals surface area contributed by atoms with Gasteiger partial charge in [-0.3, -0.25) is 4.72 Å². The van der Waals surface area contributed by atoms with Crippen molar-refractivity contribution in [1.82, 2.24) is 0 Å². The molecule has 0 spiro atoms. The van der Waals surface area contributed by atoms with Crippen LogP contribution < -0.4 is 4.72 Å². The predicted molar refractivity (Wildman–Crippen MR) is 91.4 cm³/mol. The van der Waals surface area contributed by atoms with Gasteiger partial charge in [0.15, 0.2) is 11.5 Å². The molecule has 0 bridgehead atoms. The molecule has 0 atom stereocenters. The zero-order valence-electron chi connectivity index (χ0n) is 12.0. The number of aryl methyl sites for hydroxylation is 1. The van der Waals surface area contributed by atoms with Crippen molar-refractivity contribution in [3.8, 4) is 11.5 Å². The normalized spacial score (nSPS) is 11.3. The maximum Gasteiger partial charge on any atom is 0.339 e. The molecule has 2 rings (SSSR count). The molecule has 0 aromatic heterocycles. The number of hydrogen-bond acceptors (Lipinski definition) is 5. The smallest absolute Gasteiger partial charge is 0.339 e. The highest BCUT2D eigenvalue weighted by Crippen LogP contribution is 2.37. The van der Waals surface area contributed by atoms with E-state index in [1.807, 2.05) is 0 Å². The summed E-state index contributed by atoms with van der Waals surface area (Å²) in [5, 5.41) is 28.7. The van der Waals surface area contributed by atoms with Gasteiger partial charge in [-0.1, -0.05) is 27.5 Å². The van der Waals surface area contributed by atoms with Crippen molar-refractivity contribution >= 4 is 49.2 Å². The summed E-state index contributed by atoms with van der Waals surface area (Å²) < 4.78 is 27.3. The topological polar surface area (TPSA) is 124 Å². The molecular formula is C14H11BrClNO6S. The summed E-state index contributed by atoms with van der Waals surface area (Å²) >= 11 is 8.82. The molecule has 0 radical (unpaired) electrons. The largest absolute Gasteiger partial charge is 0.505 e. The molecule has 0 saturated heterocycles. The van der Waals surface area contributed by atoms with Gasteiger partial charge in [-0.15, -0.1) is 0 Å². The van der Waals surface area contributed by atoms with E-state index in [0.717, 1.165) is 6.07 Å². The lowest BCUT2D eigenvalue weighted by molar-refractivity contribution is 0.0693. The van der Waals surface area contributed by atoms with Crippen molar-refractivity contribution in [2.75, 3.05) is 4.72 Å². The average molecular weight is 437 g/mol. The summed E-state index contributed by atoms with van der Waals surface area (Å²) in [5.74, 6) is -2.82. The monoisotopic (exact) mass is 435 g/mol. The highest BCUT2D eigenvalue weighted by molar-refractivity contribution is 9.10. The van der Waals surface area contributed by atoms with E-state index in [2.05, 4.69) is 20.7 Å². The number of carboxylic acids is 1. The second-order valence-corrected chi connectivity index (χ2v) is 7.83. The number of carboxylic acid groups (broad SMARTS) is 1. The van der Waals surface area contributed by atoms with E-state index >= 15 is 0 Å². The first-order valence-electron chi connectivity index (χ1n) is 6.30. The number of phenolic OH excluding ortho intramolecular Hbond substituents is 1. The van der Waals surface area contributed by atoms with Gasteiger partial charge < -0.3 is 15.3 Å². The van der Waals surface area contributed by atoms with Crippen LogP contribution in [0.4, 0.5) is 5.69 Å². The van der Waals surface area contributed by atoms with Gasteiger partial charge in [0.2, 0.25) is 0 Å². The summed E-state index contributed by atoms with van der Waals surface area (Å²) in [5.41, 5.74) is -0.369. The predicted octanol–water partition coefficient (Wildman–Crippen LogP) is 3.32. The summed E-state index contributed by atoms with van der Waals surface area (Å²) in [6, 6.07) is 4.88. The van der Waals surface area contributed by atoms with Crippen LogP contribution in [-0.2, 0) is 10.0 Å². The molecule has 7 nitrogen and oxygen atoms in total. The van der Waals surface area contributed by atoms with Gasteiger partial charge in [-0.2, -0.15) is 0 Å². The molecule has 0 unspecified atom stereocenters. The lowest BCUT2D eigenvalue weighted by atomic mass is 10.1. The average Bonchev–Trinajstić information content (AvgIpc) is 2.45. The summed E-state index contributed by atoms with van der Waals surface area (Å²) in [6.45, 7) is 1.54. The zero-order valence-corrected chi connectivity index (χ0v) is 15.2. The van der Waals surface area contributed by atoms with Crippen LogP contribution in [0, 0.1) is 6.92 Å². The van der Waals surface area contributed by atoms with Crippen LogP contribution in [0.5, 0.6) is 11.5 Å². The molecule has 0 fully saturated rings. The van der Waals surface area contributed by atoms with Crippen molar-refractivity contribution in [2.24, 2.45) is 0 Å². The van der Waals surface area contributed by atoms with Gasteiger partial charge in [-0.05, 0) is 36.8 Å². The first kappa shape index (κ1) is 18.4. The van der Waals surface area contributed by atoms with E-state index in [0.29, 0.717) is 10.0 Å². The summed E-state index contributed by atoms with van der Waals surface area (Å²) in [6.07, 6.45) is 0. The molecule has 128 valence electrons. The van der Waals surface area contributed by atoms with Crippen LogP contribution in [0.1, 0.15) is 15.9 Å². The molecule has 0 aliphatic heterocycles. The van der Waals surface area contributed by atoms with Gasteiger partial charge in [0.25, 0.3) is 10.0 Å². The number of aromatic carboxylic acids is 1. The Morgan fingerprint density at radius 2 is 1.79 bits per heavy atom. The van der Waals surface area contributed by atoms with Crippen LogP contribution in [0.25, 0.3) is 0 Å². The highest BCUT2D eigenvalue weighted by atomic mass is 79.9. The minimum atomic E-state index is -4.34. The Hall–Kier alpha value is -1.97. The van der Waals surface area contributed by atoms with Gasteiger partial charge >= 0.3 is 5.97 Å². The summed E-state index contributed by atoms with van der Waals surface area (Å²) in [7, 11) is -4.34. The fourth-order valence-corrected chi connectivity index (χ4v) is 4.18. The van der Waals surface area contributed by atoms with Crippen molar-refractivity contribution in [3.05, 3.63) is 44.9 Å². The Bertz CT molecular complexity index is 945. The van der Waals surface area contributed by atoms with Crippen molar-refractivity contribution in [1.29, 1.82) is 0 Å². The Labute approximate surface area is 150 Å². The molecule has 2 aromatic rings. The van der Waals surface area contributed by atoms with Gasteiger partial charge in [0, 0.05) is 4.47 Å². The first-order valence-corrected chi connectivity index (χ1v) is 8.96. The molecule has 0 saturated carbocycles. The lowest BCUT2D eigenvalue weighted by Gasteiger charge is -2.14. The first-order chi connectivity index (χ1) is 11.0. The molecule has 0 aliphatic carbocycles. The number of carbonyl (C=O) groups is 1. The van der Waals surface area contributed by atoms with Crippen LogP contribution in [0.15, 0.2) is 33.6 Å². The van der Waals surface area contributed by atoms with Crippen LogP contribution in [-0.4, -0.2) is 29.7 Å². The van der Waals surface area contributed by atoms with Crippen molar-refractivity contribution < 1.29 is 28.5 Å². The Kier molecular flexibility index (Phi) is 4.97. The molecule has 2 aromatic carbocycles. The third-order valence-corrected chi connectivity index (χ3v) is 5.14. The number of nitrogens with one attached hydrogen (secondary N) is 1. The molecule has 24 heavy (non-hydrogen) atoms. The van der Waals surface area contributed by atoms with E-state index in [1.165, 1.54) is 25.1 Å². The third-order valence-electron chi connectivity index (χ3n) is 3.01. The van der Waals surface area contributed by atoms with Gasteiger partial charge in [0.1, 0.15) is 10.5 Å². The number of halogens is 2. The summed E-state index contributed by atoms with van der Waals surface area (Å²) in [4.78, 5) is 10.6. The van der Waals surface area contributed by atoms with Crippen molar-refractivity contribution in [3.63, 3.8) is 0 Å².